The van der Waals surface area contributed by atoms with Gasteiger partial charge in [0.1, 0.15) is 10.7 Å². The zero-order valence-electron chi connectivity index (χ0n) is 16.9. The molecule has 0 aliphatic rings. The Morgan fingerprint density at radius 2 is 1.68 bits per heavy atom. The van der Waals surface area contributed by atoms with Crippen LogP contribution in [0.2, 0.25) is 5.02 Å². The van der Waals surface area contributed by atoms with E-state index in [1.807, 2.05) is 32.0 Å². The van der Waals surface area contributed by atoms with Crippen LogP contribution < -0.4 is 5.43 Å². The number of rotatable bonds is 4. The van der Waals surface area contributed by atoms with Gasteiger partial charge in [-0.15, -0.1) is 0 Å². The molecule has 0 saturated carbocycles. The summed E-state index contributed by atoms with van der Waals surface area (Å²) in [6.07, 6.45) is 1.34. The molecule has 0 amide bonds. The molecule has 4 rings (SSSR count). The summed E-state index contributed by atoms with van der Waals surface area (Å²) in [6, 6.07) is 15.4. The van der Waals surface area contributed by atoms with Crippen LogP contribution >= 0.6 is 11.6 Å². The van der Waals surface area contributed by atoms with Gasteiger partial charge < -0.3 is 4.57 Å². The monoisotopic (exact) mass is 455 g/mol. The van der Waals surface area contributed by atoms with Gasteiger partial charge in [-0.05, 0) is 67.4 Å². The molecule has 31 heavy (non-hydrogen) atoms. The normalized spacial score (nSPS) is 11.7. The lowest BCUT2D eigenvalue weighted by Crippen LogP contribution is -2.20. The van der Waals surface area contributed by atoms with Crippen LogP contribution in [-0.4, -0.2) is 13.0 Å². The number of aryl methyl sites for hydroxylation is 2. The van der Waals surface area contributed by atoms with E-state index < -0.39 is 26.0 Å². The van der Waals surface area contributed by atoms with Crippen molar-refractivity contribution in [3.63, 3.8) is 0 Å². The van der Waals surface area contributed by atoms with Crippen LogP contribution in [0.3, 0.4) is 0 Å². The fourth-order valence-electron chi connectivity index (χ4n) is 3.56. The van der Waals surface area contributed by atoms with Crippen LogP contribution in [0.1, 0.15) is 16.7 Å². The van der Waals surface area contributed by atoms with Gasteiger partial charge in [0.15, 0.2) is 0 Å². The molecule has 0 fully saturated rings. The van der Waals surface area contributed by atoms with Crippen molar-refractivity contribution in [1.29, 1.82) is 0 Å². The van der Waals surface area contributed by atoms with Gasteiger partial charge in [-0.1, -0.05) is 35.4 Å². The molecular weight excluding hydrogens is 437 g/mol. The summed E-state index contributed by atoms with van der Waals surface area (Å²) in [4.78, 5) is 12.7. The second-order valence-corrected chi connectivity index (χ2v) is 9.85. The number of hydrogen-bond donors (Lipinski definition) is 0. The number of aromatic nitrogens is 1. The van der Waals surface area contributed by atoms with E-state index in [2.05, 4.69) is 0 Å². The molecule has 4 aromatic rings. The van der Waals surface area contributed by atoms with Crippen LogP contribution in [0.25, 0.3) is 10.9 Å². The van der Waals surface area contributed by atoms with Crippen molar-refractivity contribution in [2.75, 3.05) is 0 Å². The van der Waals surface area contributed by atoms with Crippen molar-refractivity contribution in [2.45, 2.75) is 30.2 Å². The van der Waals surface area contributed by atoms with E-state index >= 15 is 0 Å². The maximum absolute atomic E-state index is 14.0. The number of halogens is 2. The molecule has 3 aromatic carbocycles. The molecule has 0 N–H and O–H groups in total. The van der Waals surface area contributed by atoms with E-state index in [-0.39, 0.29) is 10.3 Å². The average Bonchev–Trinajstić information content (AvgIpc) is 2.73. The van der Waals surface area contributed by atoms with Gasteiger partial charge in [0.2, 0.25) is 15.3 Å². The first-order chi connectivity index (χ1) is 14.7. The highest BCUT2D eigenvalue weighted by atomic mass is 35.5. The van der Waals surface area contributed by atoms with E-state index in [1.54, 1.807) is 4.57 Å². The fourth-order valence-corrected chi connectivity index (χ4v) is 5.05. The number of benzene rings is 3. The molecule has 158 valence electrons. The topological polar surface area (TPSA) is 56.1 Å². The summed E-state index contributed by atoms with van der Waals surface area (Å²) in [5, 5.41) is 0.396. The summed E-state index contributed by atoms with van der Waals surface area (Å²) < 4.78 is 42.2. The summed E-state index contributed by atoms with van der Waals surface area (Å²) in [5.41, 5.74) is 2.79. The van der Waals surface area contributed by atoms with E-state index in [4.69, 9.17) is 11.6 Å². The van der Waals surface area contributed by atoms with Gasteiger partial charge in [-0.25, -0.2) is 12.8 Å². The van der Waals surface area contributed by atoms with Gasteiger partial charge >= 0.3 is 0 Å². The zero-order chi connectivity index (χ0) is 22.3. The van der Waals surface area contributed by atoms with Crippen molar-refractivity contribution >= 4 is 32.3 Å². The van der Waals surface area contributed by atoms with Crippen LogP contribution in [-0.2, 0) is 16.4 Å². The molecule has 7 heteroatoms. The molecular formula is C24H19ClFNO3S. The molecule has 0 saturated heterocycles. The van der Waals surface area contributed by atoms with Crippen molar-refractivity contribution in [3.05, 3.63) is 105 Å². The molecule has 4 nitrogen and oxygen atoms in total. The van der Waals surface area contributed by atoms with Gasteiger partial charge in [-0.3, -0.25) is 4.79 Å². The van der Waals surface area contributed by atoms with E-state index in [1.165, 1.54) is 42.6 Å². The lowest BCUT2D eigenvalue weighted by molar-refractivity contribution is 0.593. The second-order valence-electron chi connectivity index (χ2n) is 7.50. The number of sulfone groups is 1. The number of pyridine rings is 1. The highest BCUT2D eigenvalue weighted by Gasteiger charge is 2.24. The molecule has 1 aromatic heterocycles. The van der Waals surface area contributed by atoms with Crippen molar-refractivity contribution < 1.29 is 12.8 Å². The van der Waals surface area contributed by atoms with Crippen LogP contribution in [0.4, 0.5) is 4.39 Å². The van der Waals surface area contributed by atoms with Crippen LogP contribution in [0.15, 0.2) is 81.4 Å². The van der Waals surface area contributed by atoms with E-state index in [0.29, 0.717) is 17.1 Å². The van der Waals surface area contributed by atoms with Crippen LogP contribution in [0.5, 0.6) is 0 Å². The van der Waals surface area contributed by atoms with E-state index in [9.17, 15) is 17.6 Å². The third-order valence-electron chi connectivity index (χ3n) is 5.27. The minimum Gasteiger partial charge on any atom is -0.341 e. The van der Waals surface area contributed by atoms with Gasteiger partial charge in [0.25, 0.3) is 0 Å². The lowest BCUT2D eigenvalue weighted by atomic mass is 10.1. The van der Waals surface area contributed by atoms with Gasteiger partial charge in [0, 0.05) is 23.2 Å². The minimum atomic E-state index is -4.14. The standard InChI is InChI=1S/C24H19ClFNO3S/c1-15-3-4-16(2)17(11-15)13-27-14-23(24(28)21-12-19(26)7-10-22(21)27)31(29,30)20-8-5-18(25)6-9-20/h3-12,14H,13H2,1-2H3. The summed E-state index contributed by atoms with van der Waals surface area (Å²) in [6.45, 7) is 4.27. The predicted molar refractivity (Wildman–Crippen MR) is 120 cm³/mol. The SMILES string of the molecule is Cc1ccc(C)c(Cn2cc(S(=O)(=O)c3ccc(Cl)cc3)c(=O)c3cc(F)ccc32)c1. The van der Waals surface area contributed by atoms with Gasteiger partial charge in [0.05, 0.1) is 10.4 Å². The Kier molecular flexibility index (Phi) is 5.45. The Balaban J connectivity index is 1.99. The second kappa shape index (κ2) is 7.94. The summed E-state index contributed by atoms with van der Waals surface area (Å²) in [7, 11) is -4.14. The summed E-state index contributed by atoms with van der Waals surface area (Å²) in [5.74, 6) is -0.607. The average molecular weight is 456 g/mol. The lowest BCUT2D eigenvalue weighted by Gasteiger charge is -2.16. The minimum absolute atomic E-state index is 0.0142. The number of nitrogens with zero attached hydrogens (tertiary/aromatic N) is 1. The molecule has 1 heterocycles. The maximum atomic E-state index is 14.0. The highest BCUT2D eigenvalue weighted by molar-refractivity contribution is 7.91. The first-order valence-electron chi connectivity index (χ1n) is 9.56. The summed E-state index contributed by atoms with van der Waals surface area (Å²) >= 11 is 5.88. The van der Waals surface area contributed by atoms with Crippen LogP contribution in [0, 0.1) is 19.7 Å². The molecule has 0 radical (unpaired) electrons. The zero-order valence-corrected chi connectivity index (χ0v) is 18.5. The first-order valence-corrected chi connectivity index (χ1v) is 11.4. The smallest absolute Gasteiger partial charge is 0.211 e. The van der Waals surface area contributed by atoms with Gasteiger partial charge in [-0.2, -0.15) is 0 Å². The Morgan fingerprint density at radius 3 is 2.39 bits per heavy atom. The van der Waals surface area contributed by atoms with Crippen molar-refractivity contribution in [1.82, 2.24) is 4.57 Å². The largest absolute Gasteiger partial charge is 0.341 e. The molecule has 0 bridgehead atoms. The Hall–Kier alpha value is -2.96. The van der Waals surface area contributed by atoms with Crippen molar-refractivity contribution in [3.8, 4) is 0 Å². The molecule has 0 atom stereocenters. The third kappa shape index (κ3) is 4.01. The maximum Gasteiger partial charge on any atom is 0.211 e. The van der Waals surface area contributed by atoms with E-state index in [0.717, 1.165) is 22.8 Å². The van der Waals surface area contributed by atoms with Crippen molar-refractivity contribution in [2.24, 2.45) is 0 Å². The Labute approximate surface area is 184 Å². The molecule has 0 aliphatic carbocycles. The molecule has 0 aliphatic heterocycles. The third-order valence-corrected chi connectivity index (χ3v) is 7.28. The Bertz CT molecular complexity index is 1480. The highest BCUT2D eigenvalue weighted by Crippen LogP contribution is 2.24. The molecule has 0 unspecified atom stereocenters. The predicted octanol–water partition coefficient (Wildman–Crippen LogP) is 5.29. The number of fused-ring (bicyclic) bond motifs is 1. The quantitative estimate of drug-likeness (QED) is 0.420. The molecule has 0 spiro atoms. The fraction of sp³-hybridized carbons (Fsp3) is 0.125. The Morgan fingerprint density at radius 1 is 0.968 bits per heavy atom. The first kappa shape index (κ1) is 21.3. The number of hydrogen-bond acceptors (Lipinski definition) is 3.